The summed E-state index contributed by atoms with van der Waals surface area (Å²) in [5.41, 5.74) is 9.73. The zero-order chi connectivity index (χ0) is 22.4. The molecular formula is C24H34ClN5O. The highest BCUT2D eigenvalue weighted by Crippen LogP contribution is 2.25. The molecule has 2 aromatic rings. The van der Waals surface area contributed by atoms with Crippen molar-refractivity contribution >= 4 is 28.9 Å². The van der Waals surface area contributed by atoms with E-state index in [4.69, 9.17) is 17.3 Å². The van der Waals surface area contributed by atoms with E-state index in [9.17, 15) is 4.79 Å². The fourth-order valence-electron chi connectivity index (χ4n) is 3.87. The smallest absolute Gasteiger partial charge is 0.251 e. The summed E-state index contributed by atoms with van der Waals surface area (Å²) in [6.45, 7) is 8.10. The first-order valence-corrected chi connectivity index (χ1v) is 11.3. The molecular weight excluding hydrogens is 410 g/mol. The third kappa shape index (κ3) is 6.86. The first-order valence-electron chi connectivity index (χ1n) is 10.9. The lowest BCUT2D eigenvalue weighted by Gasteiger charge is -2.37. The Bertz CT molecular complexity index is 863. The van der Waals surface area contributed by atoms with Gasteiger partial charge in [0.25, 0.3) is 5.91 Å². The Morgan fingerprint density at radius 1 is 1.13 bits per heavy atom. The highest BCUT2D eigenvalue weighted by atomic mass is 35.5. The fourth-order valence-corrected chi connectivity index (χ4v) is 4.00. The third-order valence-corrected chi connectivity index (χ3v) is 5.95. The number of rotatable bonds is 8. The molecule has 1 saturated heterocycles. The molecule has 6 nitrogen and oxygen atoms in total. The van der Waals surface area contributed by atoms with Gasteiger partial charge in [0.1, 0.15) is 0 Å². The average Bonchev–Trinajstić information content (AvgIpc) is 2.74. The maximum absolute atomic E-state index is 12.7. The van der Waals surface area contributed by atoms with Crippen LogP contribution >= 0.6 is 11.6 Å². The SMILES string of the molecule is CC(Cc1ccc(Cl)cc1)NC(=O)c1ccc(N2CCN(CCN(C)C)CC2)c(N)c1. The van der Waals surface area contributed by atoms with Crippen LogP contribution in [0.15, 0.2) is 42.5 Å². The molecule has 1 aliphatic heterocycles. The van der Waals surface area contributed by atoms with Gasteiger partial charge in [0.2, 0.25) is 0 Å². The monoisotopic (exact) mass is 443 g/mol. The largest absolute Gasteiger partial charge is 0.397 e. The van der Waals surface area contributed by atoms with Gasteiger partial charge in [0.05, 0.1) is 11.4 Å². The zero-order valence-corrected chi connectivity index (χ0v) is 19.5. The lowest BCUT2D eigenvalue weighted by Crippen LogP contribution is -2.48. The van der Waals surface area contributed by atoms with Gasteiger partial charge in [-0.1, -0.05) is 23.7 Å². The number of nitrogens with zero attached hydrogens (tertiary/aromatic N) is 3. The second kappa shape index (κ2) is 10.8. The van der Waals surface area contributed by atoms with Crippen molar-refractivity contribution in [2.45, 2.75) is 19.4 Å². The predicted molar refractivity (Wildman–Crippen MR) is 130 cm³/mol. The van der Waals surface area contributed by atoms with E-state index in [-0.39, 0.29) is 11.9 Å². The number of carbonyl (C=O) groups excluding carboxylic acids is 1. The average molecular weight is 444 g/mol. The second-order valence-electron chi connectivity index (χ2n) is 8.61. The number of hydrogen-bond donors (Lipinski definition) is 2. The molecule has 168 valence electrons. The number of nitrogen functional groups attached to an aromatic ring is 1. The topological polar surface area (TPSA) is 64.8 Å². The van der Waals surface area contributed by atoms with Gasteiger partial charge < -0.3 is 20.9 Å². The van der Waals surface area contributed by atoms with Crippen LogP contribution in [0.25, 0.3) is 0 Å². The minimum absolute atomic E-state index is 0.00446. The highest BCUT2D eigenvalue weighted by Gasteiger charge is 2.20. The number of likely N-dealkylation sites (N-methyl/N-ethyl adjacent to an activating group) is 1. The molecule has 3 N–H and O–H groups in total. The molecule has 1 heterocycles. The number of halogens is 1. The van der Waals surface area contributed by atoms with Crippen molar-refractivity contribution in [3.8, 4) is 0 Å². The van der Waals surface area contributed by atoms with Crippen LogP contribution < -0.4 is 16.0 Å². The van der Waals surface area contributed by atoms with Crippen LogP contribution in [0, 0.1) is 0 Å². The lowest BCUT2D eigenvalue weighted by molar-refractivity contribution is 0.0940. The Morgan fingerprint density at radius 2 is 1.81 bits per heavy atom. The summed E-state index contributed by atoms with van der Waals surface area (Å²) in [6, 6.07) is 13.3. The van der Waals surface area contributed by atoms with Crippen LogP contribution in [0.1, 0.15) is 22.8 Å². The highest BCUT2D eigenvalue weighted by molar-refractivity contribution is 6.30. The molecule has 0 radical (unpaired) electrons. The predicted octanol–water partition coefficient (Wildman–Crippen LogP) is 2.97. The Labute approximate surface area is 190 Å². The molecule has 0 spiro atoms. The summed E-state index contributed by atoms with van der Waals surface area (Å²) in [4.78, 5) is 19.7. The van der Waals surface area contributed by atoms with Crippen LogP contribution in [0.3, 0.4) is 0 Å². The summed E-state index contributed by atoms with van der Waals surface area (Å²) < 4.78 is 0. The van der Waals surface area contributed by atoms with E-state index < -0.39 is 0 Å². The third-order valence-electron chi connectivity index (χ3n) is 5.70. The Morgan fingerprint density at radius 3 is 2.42 bits per heavy atom. The van der Waals surface area contributed by atoms with E-state index in [0.29, 0.717) is 16.3 Å². The molecule has 1 unspecified atom stereocenters. The fraction of sp³-hybridized carbons (Fsp3) is 0.458. The molecule has 0 saturated carbocycles. The number of piperazine rings is 1. The van der Waals surface area contributed by atoms with Gasteiger partial charge in [-0.05, 0) is 63.3 Å². The molecule has 1 atom stereocenters. The number of carbonyl (C=O) groups is 1. The van der Waals surface area contributed by atoms with E-state index in [1.54, 1.807) is 6.07 Å². The summed E-state index contributed by atoms with van der Waals surface area (Å²) >= 11 is 5.94. The molecule has 1 aliphatic rings. The summed E-state index contributed by atoms with van der Waals surface area (Å²) in [5.74, 6) is -0.104. The van der Waals surface area contributed by atoms with Gasteiger partial charge in [0, 0.05) is 55.9 Å². The minimum atomic E-state index is -0.104. The van der Waals surface area contributed by atoms with Gasteiger partial charge in [-0.2, -0.15) is 0 Å². The van der Waals surface area contributed by atoms with Crippen molar-refractivity contribution in [2.75, 3.05) is 64.0 Å². The molecule has 0 aliphatic carbocycles. The zero-order valence-electron chi connectivity index (χ0n) is 18.8. The normalized spacial score (nSPS) is 15.8. The Kier molecular flexibility index (Phi) is 8.18. The second-order valence-corrected chi connectivity index (χ2v) is 9.05. The van der Waals surface area contributed by atoms with E-state index >= 15 is 0 Å². The number of amides is 1. The lowest BCUT2D eigenvalue weighted by atomic mass is 10.1. The standard InChI is InChI=1S/C24H34ClN5O/c1-18(16-19-4-7-21(25)8-5-19)27-24(31)20-6-9-23(22(26)17-20)30-14-12-29(13-15-30)11-10-28(2)3/h4-9,17-18H,10-16,26H2,1-3H3,(H,27,31). The Hall–Kier alpha value is -2.28. The molecule has 0 bridgehead atoms. The quantitative estimate of drug-likeness (QED) is 0.614. The van der Waals surface area contributed by atoms with Crippen LogP contribution in [0.4, 0.5) is 11.4 Å². The first-order chi connectivity index (χ1) is 14.8. The van der Waals surface area contributed by atoms with Crippen molar-refractivity contribution in [3.05, 3.63) is 58.6 Å². The first kappa shape index (κ1) is 23.4. The van der Waals surface area contributed by atoms with Crippen molar-refractivity contribution in [3.63, 3.8) is 0 Å². The molecule has 3 rings (SSSR count). The summed E-state index contributed by atoms with van der Waals surface area (Å²) in [5, 5.41) is 3.78. The van der Waals surface area contributed by atoms with Crippen molar-refractivity contribution in [1.82, 2.24) is 15.1 Å². The molecule has 7 heteroatoms. The maximum Gasteiger partial charge on any atom is 0.251 e. The Balaban J connectivity index is 1.54. The molecule has 31 heavy (non-hydrogen) atoms. The maximum atomic E-state index is 12.7. The van der Waals surface area contributed by atoms with E-state index in [1.807, 2.05) is 43.3 Å². The van der Waals surface area contributed by atoms with Gasteiger partial charge >= 0.3 is 0 Å². The van der Waals surface area contributed by atoms with E-state index in [0.717, 1.165) is 56.9 Å². The van der Waals surface area contributed by atoms with Gasteiger partial charge in [-0.3, -0.25) is 9.69 Å². The van der Waals surface area contributed by atoms with Crippen molar-refractivity contribution < 1.29 is 4.79 Å². The number of anilines is 2. The van der Waals surface area contributed by atoms with Gasteiger partial charge in [-0.15, -0.1) is 0 Å². The van der Waals surface area contributed by atoms with Gasteiger partial charge in [-0.25, -0.2) is 0 Å². The molecule has 1 fully saturated rings. The number of hydrogen-bond acceptors (Lipinski definition) is 5. The molecule has 0 aromatic heterocycles. The molecule has 1 amide bonds. The van der Waals surface area contributed by atoms with E-state index in [2.05, 4.69) is 34.1 Å². The van der Waals surface area contributed by atoms with Crippen molar-refractivity contribution in [1.29, 1.82) is 0 Å². The van der Waals surface area contributed by atoms with Crippen LogP contribution in [0.2, 0.25) is 5.02 Å². The summed E-state index contributed by atoms with van der Waals surface area (Å²) in [6.07, 6.45) is 0.745. The van der Waals surface area contributed by atoms with Crippen molar-refractivity contribution in [2.24, 2.45) is 0 Å². The number of nitrogens with one attached hydrogen (secondary N) is 1. The van der Waals surface area contributed by atoms with Crippen LogP contribution in [-0.2, 0) is 6.42 Å². The number of benzene rings is 2. The molecule has 2 aromatic carbocycles. The van der Waals surface area contributed by atoms with E-state index in [1.165, 1.54) is 0 Å². The minimum Gasteiger partial charge on any atom is -0.397 e. The van der Waals surface area contributed by atoms with Crippen LogP contribution in [-0.4, -0.2) is 75.1 Å². The summed E-state index contributed by atoms with van der Waals surface area (Å²) in [7, 11) is 4.21. The number of nitrogens with two attached hydrogens (primary N) is 1. The van der Waals surface area contributed by atoms with Gasteiger partial charge in [0.15, 0.2) is 0 Å². The van der Waals surface area contributed by atoms with Crippen LogP contribution in [0.5, 0.6) is 0 Å².